The molecule has 0 saturated carbocycles. The van der Waals surface area contributed by atoms with Gasteiger partial charge in [0.25, 0.3) is 0 Å². The molecular weight excluding hydrogens is 267 g/mol. The van der Waals surface area contributed by atoms with Gasteiger partial charge in [0.1, 0.15) is 11.6 Å². The van der Waals surface area contributed by atoms with Gasteiger partial charge in [-0.15, -0.1) is 0 Å². The van der Waals surface area contributed by atoms with Crippen LogP contribution in [0.15, 0.2) is 48.5 Å². The number of benzene rings is 2. The SMILES string of the molecule is CCCc1ccc(OCCC(=O)c2ccc(F)cc2)cc1. The van der Waals surface area contributed by atoms with Gasteiger partial charge in [0.15, 0.2) is 5.78 Å². The molecule has 0 N–H and O–H groups in total. The van der Waals surface area contributed by atoms with Crippen LogP contribution in [0.5, 0.6) is 5.75 Å². The molecule has 2 aromatic rings. The van der Waals surface area contributed by atoms with E-state index >= 15 is 0 Å². The van der Waals surface area contributed by atoms with Crippen LogP contribution in [0.25, 0.3) is 0 Å². The predicted octanol–water partition coefficient (Wildman–Crippen LogP) is 4.43. The first-order chi connectivity index (χ1) is 10.2. The fraction of sp³-hybridized carbons (Fsp3) is 0.278. The van der Waals surface area contributed by atoms with E-state index in [1.165, 1.54) is 29.8 Å². The average molecular weight is 286 g/mol. The number of hydrogen-bond acceptors (Lipinski definition) is 2. The highest BCUT2D eigenvalue weighted by atomic mass is 19.1. The summed E-state index contributed by atoms with van der Waals surface area (Å²) >= 11 is 0. The number of carbonyl (C=O) groups excluding carboxylic acids is 1. The molecule has 0 atom stereocenters. The normalized spacial score (nSPS) is 10.4. The van der Waals surface area contributed by atoms with Gasteiger partial charge in [-0.1, -0.05) is 25.5 Å². The van der Waals surface area contributed by atoms with Gasteiger partial charge in [-0.05, 0) is 48.4 Å². The summed E-state index contributed by atoms with van der Waals surface area (Å²) in [5.41, 5.74) is 1.80. The Hall–Kier alpha value is -2.16. The van der Waals surface area contributed by atoms with Crippen molar-refractivity contribution in [3.05, 3.63) is 65.5 Å². The zero-order chi connectivity index (χ0) is 15.1. The summed E-state index contributed by atoms with van der Waals surface area (Å²) in [6.45, 7) is 2.47. The molecule has 0 aliphatic carbocycles. The second kappa shape index (κ2) is 7.58. The molecule has 0 spiro atoms. The van der Waals surface area contributed by atoms with Crippen molar-refractivity contribution >= 4 is 5.78 Å². The minimum absolute atomic E-state index is 0.0439. The molecule has 2 aromatic carbocycles. The first kappa shape index (κ1) is 15.2. The Morgan fingerprint density at radius 1 is 1.05 bits per heavy atom. The summed E-state index contributed by atoms with van der Waals surface area (Å²) in [6.07, 6.45) is 2.46. The van der Waals surface area contributed by atoms with Crippen molar-refractivity contribution in [1.29, 1.82) is 0 Å². The largest absolute Gasteiger partial charge is 0.493 e. The van der Waals surface area contributed by atoms with Crippen LogP contribution in [0.2, 0.25) is 0 Å². The molecule has 0 radical (unpaired) electrons. The van der Waals surface area contributed by atoms with Gasteiger partial charge < -0.3 is 4.74 Å². The zero-order valence-electron chi connectivity index (χ0n) is 12.1. The highest BCUT2D eigenvalue weighted by Crippen LogP contribution is 2.14. The van der Waals surface area contributed by atoms with Gasteiger partial charge >= 0.3 is 0 Å². The molecule has 0 saturated heterocycles. The Bertz CT molecular complexity index is 573. The maximum absolute atomic E-state index is 12.8. The van der Waals surface area contributed by atoms with Crippen LogP contribution >= 0.6 is 0 Å². The third-order valence-electron chi connectivity index (χ3n) is 3.23. The molecular formula is C18H19FO2. The van der Waals surface area contributed by atoms with Gasteiger partial charge in [0.05, 0.1) is 6.61 Å². The van der Waals surface area contributed by atoms with E-state index in [1.54, 1.807) is 0 Å². The molecule has 0 unspecified atom stereocenters. The lowest BCUT2D eigenvalue weighted by atomic mass is 10.1. The topological polar surface area (TPSA) is 26.3 Å². The molecule has 0 aliphatic rings. The maximum atomic E-state index is 12.8. The van der Waals surface area contributed by atoms with Crippen molar-refractivity contribution in [2.45, 2.75) is 26.2 Å². The molecule has 0 aliphatic heterocycles. The molecule has 3 heteroatoms. The fourth-order valence-electron chi connectivity index (χ4n) is 2.08. The number of ketones is 1. The van der Waals surface area contributed by atoms with Crippen molar-refractivity contribution in [3.8, 4) is 5.75 Å². The van der Waals surface area contributed by atoms with Crippen molar-refractivity contribution in [1.82, 2.24) is 0 Å². The minimum Gasteiger partial charge on any atom is -0.493 e. The van der Waals surface area contributed by atoms with E-state index in [0.29, 0.717) is 12.2 Å². The monoisotopic (exact) mass is 286 g/mol. The zero-order valence-corrected chi connectivity index (χ0v) is 12.1. The summed E-state index contributed by atoms with van der Waals surface area (Å²) in [5, 5.41) is 0. The fourth-order valence-corrected chi connectivity index (χ4v) is 2.08. The minimum atomic E-state index is -0.338. The third-order valence-corrected chi connectivity index (χ3v) is 3.23. The highest BCUT2D eigenvalue weighted by Gasteiger charge is 2.06. The second-order valence-electron chi connectivity index (χ2n) is 4.92. The quantitative estimate of drug-likeness (QED) is 0.704. The van der Waals surface area contributed by atoms with Crippen molar-refractivity contribution in [2.75, 3.05) is 6.61 Å². The van der Waals surface area contributed by atoms with Crippen molar-refractivity contribution in [2.24, 2.45) is 0 Å². The summed E-state index contributed by atoms with van der Waals surface area (Å²) in [4.78, 5) is 11.9. The number of aryl methyl sites for hydroxylation is 1. The molecule has 2 rings (SSSR count). The predicted molar refractivity (Wildman–Crippen MR) is 81.3 cm³/mol. The summed E-state index contributed by atoms with van der Waals surface area (Å²) in [6, 6.07) is 13.5. The summed E-state index contributed by atoms with van der Waals surface area (Å²) in [5.74, 6) is 0.384. The van der Waals surface area contributed by atoms with E-state index in [1.807, 2.05) is 24.3 Å². The standard InChI is InChI=1S/C18H19FO2/c1-2-3-14-4-10-17(11-5-14)21-13-12-18(20)15-6-8-16(19)9-7-15/h4-11H,2-3,12-13H2,1H3. The lowest BCUT2D eigenvalue weighted by Gasteiger charge is -2.07. The number of Topliss-reactive ketones (excluding diaryl/α,β-unsaturated/α-hetero) is 1. The highest BCUT2D eigenvalue weighted by molar-refractivity contribution is 5.96. The van der Waals surface area contributed by atoms with E-state index in [9.17, 15) is 9.18 Å². The van der Waals surface area contributed by atoms with E-state index < -0.39 is 0 Å². The first-order valence-electron chi connectivity index (χ1n) is 7.19. The molecule has 0 amide bonds. The van der Waals surface area contributed by atoms with Gasteiger partial charge in [0.2, 0.25) is 0 Å². The lowest BCUT2D eigenvalue weighted by Crippen LogP contribution is -2.06. The van der Waals surface area contributed by atoms with E-state index in [0.717, 1.165) is 18.6 Å². The number of rotatable bonds is 7. The van der Waals surface area contributed by atoms with Crippen LogP contribution in [0.4, 0.5) is 4.39 Å². The Morgan fingerprint density at radius 3 is 2.33 bits per heavy atom. The van der Waals surface area contributed by atoms with Crippen LogP contribution in [-0.2, 0) is 6.42 Å². The second-order valence-corrected chi connectivity index (χ2v) is 4.92. The maximum Gasteiger partial charge on any atom is 0.166 e. The van der Waals surface area contributed by atoms with Crippen LogP contribution in [0, 0.1) is 5.82 Å². The number of halogens is 1. The van der Waals surface area contributed by atoms with Crippen molar-refractivity contribution in [3.63, 3.8) is 0 Å². The van der Waals surface area contributed by atoms with E-state index in [2.05, 4.69) is 6.92 Å². The first-order valence-corrected chi connectivity index (χ1v) is 7.19. The molecule has 2 nitrogen and oxygen atoms in total. The van der Waals surface area contributed by atoms with Crippen LogP contribution in [-0.4, -0.2) is 12.4 Å². The Kier molecular flexibility index (Phi) is 5.50. The van der Waals surface area contributed by atoms with Crippen LogP contribution < -0.4 is 4.74 Å². The smallest absolute Gasteiger partial charge is 0.166 e. The van der Waals surface area contributed by atoms with Crippen molar-refractivity contribution < 1.29 is 13.9 Å². The Labute approximate surface area is 124 Å². The van der Waals surface area contributed by atoms with Crippen LogP contribution in [0.3, 0.4) is 0 Å². The van der Waals surface area contributed by atoms with E-state index in [-0.39, 0.29) is 18.0 Å². The van der Waals surface area contributed by atoms with Crippen LogP contribution in [0.1, 0.15) is 35.7 Å². The Morgan fingerprint density at radius 2 is 1.71 bits per heavy atom. The summed E-state index contributed by atoms with van der Waals surface area (Å²) in [7, 11) is 0. The van der Waals surface area contributed by atoms with Gasteiger partial charge in [-0.25, -0.2) is 4.39 Å². The van der Waals surface area contributed by atoms with Gasteiger partial charge in [-0.2, -0.15) is 0 Å². The number of carbonyl (C=O) groups is 1. The molecule has 0 heterocycles. The van der Waals surface area contributed by atoms with Gasteiger partial charge in [-0.3, -0.25) is 4.79 Å². The molecule has 21 heavy (non-hydrogen) atoms. The number of ether oxygens (including phenoxy) is 1. The number of hydrogen-bond donors (Lipinski definition) is 0. The summed E-state index contributed by atoms with van der Waals surface area (Å²) < 4.78 is 18.3. The lowest BCUT2D eigenvalue weighted by molar-refractivity contribution is 0.0962. The molecule has 110 valence electrons. The molecule has 0 bridgehead atoms. The molecule has 0 aromatic heterocycles. The third kappa shape index (κ3) is 4.71. The van der Waals surface area contributed by atoms with E-state index in [4.69, 9.17) is 4.74 Å². The van der Waals surface area contributed by atoms with Gasteiger partial charge in [0, 0.05) is 12.0 Å². The average Bonchev–Trinajstić information content (AvgIpc) is 2.50. The molecule has 0 fully saturated rings. The Balaban J connectivity index is 1.80.